The van der Waals surface area contributed by atoms with Crippen LogP contribution in [0.25, 0.3) is 6.08 Å². The van der Waals surface area contributed by atoms with E-state index < -0.39 is 17.0 Å². The van der Waals surface area contributed by atoms with E-state index in [1.54, 1.807) is 30.3 Å². The number of anilines is 1. The Hall–Kier alpha value is -2.11. The van der Waals surface area contributed by atoms with E-state index in [1.165, 1.54) is 24.3 Å². The van der Waals surface area contributed by atoms with Crippen LogP contribution in [-0.4, -0.2) is 11.1 Å². The second-order valence-electron chi connectivity index (χ2n) is 4.49. The Balaban J connectivity index is 2.00. The monoisotopic (exact) mass is 333 g/mol. The Bertz CT molecular complexity index is 772. The Morgan fingerprint density at radius 1 is 1.05 bits per heavy atom. The number of hydrogen-bond acceptors (Lipinski definition) is 3. The Kier molecular flexibility index (Phi) is 4.00. The number of halogens is 2. The quantitative estimate of drug-likeness (QED) is 0.746. The molecule has 0 atom stereocenters. The predicted molar refractivity (Wildman–Crippen MR) is 86.3 cm³/mol. The number of carbonyl (C=O) groups is 2. The van der Waals surface area contributed by atoms with Gasteiger partial charge in [-0.15, -0.1) is 0 Å². The molecule has 0 saturated carbocycles. The molecule has 0 aliphatic carbocycles. The number of rotatable bonds is 2. The van der Waals surface area contributed by atoms with Gasteiger partial charge in [-0.1, -0.05) is 35.9 Å². The van der Waals surface area contributed by atoms with Crippen LogP contribution < -0.4 is 4.90 Å². The summed E-state index contributed by atoms with van der Waals surface area (Å²) in [6.07, 6.45) is 1.31. The molecule has 1 heterocycles. The molecule has 0 bridgehead atoms. The van der Waals surface area contributed by atoms with E-state index in [0.29, 0.717) is 5.69 Å². The maximum Gasteiger partial charge on any atom is 0.298 e. The zero-order valence-electron chi connectivity index (χ0n) is 11.1. The third-order valence-electron chi connectivity index (χ3n) is 3.08. The third-order valence-corrected chi connectivity index (χ3v) is 4.28. The minimum Gasteiger partial charge on any atom is -0.268 e. The van der Waals surface area contributed by atoms with Crippen molar-refractivity contribution in [2.75, 3.05) is 4.90 Å². The summed E-state index contributed by atoms with van der Waals surface area (Å²) in [7, 11) is 0. The minimum atomic E-state index is -0.543. The Morgan fingerprint density at radius 3 is 2.45 bits per heavy atom. The third kappa shape index (κ3) is 2.65. The summed E-state index contributed by atoms with van der Waals surface area (Å²) in [5, 5.41) is -0.235. The molecule has 0 N–H and O–H groups in total. The molecule has 110 valence electrons. The smallest absolute Gasteiger partial charge is 0.268 e. The van der Waals surface area contributed by atoms with Crippen LogP contribution in [0.15, 0.2) is 53.4 Å². The molecule has 2 amide bonds. The van der Waals surface area contributed by atoms with Gasteiger partial charge in [0.05, 0.1) is 15.6 Å². The van der Waals surface area contributed by atoms with Crippen LogP contribution in [0.2, 0.25) is 5.02 Å². The number of thioether (sulfide) groups is 1. The zero-order chi connectivity index (χ0) is 15.7. The molecule has 3 rings (SSSR count). The summed E-state index contributed by atoms with van der Waals surface area (Å²) in [4.78, 5) is 25.7. The van der Waals surface area contributed by atoms with Crippen molar-refractivity contribution in [2.45, 2.75) is 0 Å². The van der Waals surface area contributed by atoms with Crippen molar-refractivity contribution >= 4 is 46.3 Å². The Labute approximate surface area is 135 Å². The SMILES string of the molecule is O=C1S/C(=C/c2c(F)cccc2Cl)C(=O)N1c1ccccc1. The predicted octanol–water partition coefficient (Wildman–Crippen LogP) is 4.72. The lowest BCUT2D eigenvalue weighted by atomic mass is 10.2. The molecular weight excluding hydrogens is 325 g/mol. The second kappa shape index (κ2) is 5.94. The van der Waals surface area contributed by atoms with E-state index in [9.17, 15) is 14.0 Å². The molecular formula is C16H9ClFNO2S. The highest BCUT2D eigenvalue weighted by Crippen LogP contribution is 2.36. The highest BCUT2D eigenvalue weighted by Gasteiger charge is 2.36. The van der Waals surface area contributed by atoms with Crippen molar-refractivity contribution in [1.29, 1.82) is 0 Å². The van der Waals surface area contributed by atoms with Gasteiger partial charge in [0.1, 0.15) is 5.82 Å². The van der Waals surface area contributed by atoms with E-state index in [1.807, 2.05) is 0 Å². The van der Waals surface area contributed by atoms with Gasteiger partial charge in [0.2, 0.25) is 0 Å². The first-order chi connectivity index (χ1) is 10.6. The summed E-state index contributed by atoms with van der Waals surface area (Å²) in [6.45, 7) is 0. The fraction of sp³-hybridized carbons (Fsp3) is 0. The van der Waals surface area contributed by atoms with Gasteiger partial charge in [-0.25, -0.2) is 9.29 Å². The van der Waals surface area contributed by atoms with Crippen molar-refractivity contribution in [3.05, 3.63) is 69.8 Å². The fourth-order valence-corrected chi connectivity index (χ4v) is 3.09. The minimum absolute atomic E-state index is 0.0997. The van der Waals surface area contributed by atoms with Gasteiger partial charge in [-0.05, 0) is 42.1 Å². The number of nitrogens with zero attached hydrogens (tertiary/aromatic N) is 1. The fourth-order valence-electron chi connectivity index (χ4n) is 2.05. The molecule has 1 aliphatic rings. The number of imide groups is 1. The average molecular weight is 334 g/mol. The topological polar surface area (TPSA) is 37.4 Å². The lowest BCUT2D eigenvalue weighted by Crippen LogP contribution is -2.27. The highest BCUT2D eigenvalue weighted by atomic mass is 35.5. The van der Waals surface area contributed by atoms with Crippen molar-refractivity contribution < 1.29 is 14.0 Å². The van der Waals surface area contributed by atoms with E-state index in [0.717, 1.165) is 16.7 Å². The van der Waals surface area contributed by atoms with Crippen molar-refractivity contribution in [3.8, 4) is 0 Å². The zero-order valence-corrected chi connectivity index (χ0v) is 12.7. The summed E-state index contributed by atoms with van der Waals surface area (Å²) >= 11 is 6.70. The maximum absolute atomic E-state index is 13.8. The van der Waals surface area contributed by atoms with Crippen LogP contribution in [0.3, 0.4) is 0 Å². The molecule has 0 unspecified atom stereocenters. The molecule has 0 radical (unpaired) electrons. The van der Waals surface area contributed by atoms with Gasteiger partial charge < -0.3 is 0 Å². The maximum atomic E-state index is 13.8. The molecule has 1 fully saturated rings. The second-order valence-corrected chi connectivity index (χ2v) is 5.89. The molecule has 2 aromatic rings. The molecule has 3 nitrogen and oxygen atoms in total. The van der Waals surface area contributed by atoms with E-state index in [4.69, 9.17) is 11.6 Å². The average Bonchev–Trinajstić information content (AvgIpc) is 2.78. The van der Waals surface area contributed by atoms with Gasteiger partial charge in [0.25, 0.3) is 11.1 Å². The Morgan fingerprint density at radius 2 is 1.77 bits per heavy atom. The molecule has 6 heteroatoms. The number of para-hydroxylation sites is 1. The van der Waals surface area contributed by atoms with Crippen molar-refractivity contribution in [1.82, 2.24) is 0 Å². The molecule has 0 spiro atoms. The number of carbonyl (C=O) groups excluding carboxylic acids is 2. The number of benzene rings is 2. The van der Waals surface area contributed by atoms with Crippen LogP contribution in [0.5, 0.6) is 0 Å². The molecule has 0 aromatic heterocycles. The largest absolute Gasteiger partial charge is 0.298 e. The summed E-state index contributed by atoms with van der Waals surface area (Å²) in [5.41, 5.74) is 0.579. The number of hydrogen-bond donors (Lipinski definition) is 0. The first kappa shape index (κ1) is 14.8. The summed E-state index contributed by atoms with van der Waals surface area (Å²) < 4.78 is 13.8. The van der Waals surface area contributed by atoms with Crippen LogP contribution >= 0.6 is 23.4 Å². The van der Waals surface area contributed by atoms with Gasteiger partial charge in [-0.2, -0.15) is 0 Å². The lowest BCUT2D eigenvalue weighted by molar-refractivity contribution is -0.113. The first-order valence-electron chi connectivity index (χ1n) is 6.35. The molecule has 22 heavy (non-hydrogen) atoms. The highest BCUT2D eigenvalue weighted by molar-refractivity contribution is 8.19. The molecule has 1 saturated heterocycles. The number of amides is 2. The van der Waals surface area contributed by atoms with Gasteiger partial charge >= 0.3 is 0 Å². The van der Waals surface area contributed by atoms with Crippen LogP contribution in [0.1, 0.15) is 5.56 Å². The van der Waals surface area contributed by atoms with E-state index >= 15 is 0 Å². The van der Waals surface area contributed by atoms with E-state index in [-0.39, 0.29) is 15.5 Å². The molecule has 2 aromatic carbocycles. The lowest BCUT2D eigenvalue weighted by Gasteiger charge is -2.11. The van der Waals surface area contributed by atoms with Crippen LogP contribution in [0.4, 0.5) is 14.9 Å². The molecule has 1 aliphatic heterocycles. The van der Waals surface area contributed by atoms with Crippen LogP contribution in [0, 0.1) is 5.82 Å². The van der Waals surface area contributed by atoms with Gasteiger partial charge in [0, 0.05) is 5.56 Å². The summed E-state index contributed by atoms with van der Waals surface area (Å²) in [6, 6.07) is 12.8. The van der Waals surface area contributed by atoms with Crippen molar-refractivity contribution in [2.24, 2.45) is 0 Å². The van der Waals surface area contributed by atoms with Gasteiger partial charge in [-0.3, -0.25) is 9.59 Å². The first-order valence-corrected chi connectivity index (χ1v) is 7.54. The standard InChI is InChI=1S/C16H9ClFNO2S/c17-12-7-4-8-13(18)11(12)9-14-15(20)19(16(21)22-14)10-5-2-1-3-6-10/h1-9H/b14-9+. The van der Waals surface area contributed by atoms with Gasteiger partial charge in [0.15, 0.2) is 0 Å². The van der Waals surface area contributed by atoms with E-state index in [2.05, 4.69) is 0 Å². The van der Waals surface area contributed by atoms with Crippen LogP contribution in [-0.2, 0) is 4.79 Å². The normalized spacial score (nSPS) is 16.6. The summed E-state index contributed by atoms with van der Waals surface area (Å²) in [5.74, 6) is -1.03. The van der Waals surface area contributed by atoms with Crippen molar-refractivity contribution in [3.63, 3.8) is 0 Å².